The second kappa shape index (κ2) is 23.0. The average Bonchev–Trinajstić information content (AvgIpc) is 3.02. The van der Waals surface area contributed by atoms with Crippen LogP contribution in [0.3, 0.4) is 0 Å². The van der Waals surface area contributed by atoms with Crippen molar-refractivity contribution in [3.63, 3.8) is 0 Å². The van der Waals surface area contributed by atoms with Gasteiger partial charge in [0, 0.05) is 11.1 Å². The van der Waals surface area contributed by atoms with Gasteiger partial charge in [0.25, 0.3) is 0 Å². The fourth-order valence-electron chi connectivity index (χ4n) is 5.72. The maximum atomic E-state index is 11.1. The van der Waals surface area contributed by atoms with Gasteiger partial charge in [-0.1, -0.05) is 86.1 Å². The Balaban J connectivity index is 2.24. The molecule has 0 atom stereocenters. The number of hydrogen-bond donors (Lipinski definition) is 2. The molecule has 0 spiro atoms. The van der Waals surface area contributed by atoms with Crippen molar-refractivity contribution in [3.8, 4) is 23.0 Å². The molecule has 4 heteroatoms. The third-order valence-electron chi connectivity index (χ3n) is 8.72. The van der Waals surface area contributed by atoms with E-state index < -0.39 is 0 Å². The van der Waals surface area contributed by atoms with E-state index in [2.05, 4.69) is 91.8 Å². The zero-order valence-electron chi connectivity index (χ0n) is 31.6. The molecule has 2 N–H and O–H groups in total. The first-order valence-corrected chi connectivity index (χ1v) is 18.6. The van der Waals surface area contributed by atoms with Crippen LogP contribution in [0.1, 0.15) is 142 Å². The molecule has 0 fully saturated rings. The minimum absolute atomic E-state index is 0.298. The Labute approximate surface area is 293 Å². The van der Waals surface area contributed by atoms with E-state index in [-0.39, 0.29) is 0 Å². The third kappa shape index (κ3) is 16.1. The summed E-state index contributed by atoms with van der Waals surface area (Å²) < 4.78 is 12.7. The lowest BCUT2D eigenvalue weighted by Gasteiger charge is -2.17. The number of phenolic OH excluding ortho intramolecular Hbond substituents is 2. The predicted molar refractivity (Wildman–Crippen MR) is 206 cm³/mol. The van der Waals surface area contributed by atoms with E-state index in [0.29, 0.717) is 37.6 Å². The van der Waals surface area contributed by atoms with E-state index in [9.17, 15) is 10.2 Å². The highest BCUT2D eigenvalue weighted by Crippen LogP contribution is 2.34. The second-order valence-electron chi connectivity index (χ2n) is 13.9. The molecule has 0 aliphatic carbocycles. The van der Waals surface area contributed by atoms with E-state index in [1.54, 1.807) is 0 Å². The first-order chi connectivity index (χ1) is 23.0. The molecule has 0 radical (unpaired) electrons. The van der Waals surface area contributed by atoms with Crippen molar-refractivity contribution in [3.05, 3.63) is 93.1 Å². The van der Waals surface area contributed by atoms with Crippen molar-refractivity contribution in [1.82, 2.24) is 0 Å². The molecular weight excluding hydrogens is 592 g/mol. The molecule has 0 aliphatic rings. The molecular formula is C44H66O4. The minimum Gasteiger partial charge on any atom is -0.508 e. The summed E-state index contributed by atoms with van der Waals surface area (Å²) in [5.74, 6) is 2.05. The van der Waals surface area contributed by atoms with E-state index in [0.717, 1.165) is 111 Å². The molecule has 0 aromatic heterocycles. The number of hydrogen-bond acceptors (Lipinski definition) is 4. The number of unbranched alkanes of at least 4 members (excludes halogenated alkanes) is 4. The summed E-state index contributed by atoms with van der Waals surface area (Å²) >= 11 is 0. The molecule has 4 nitrogen and oxygen atoms in total. The van der Waals surface area contributed by atoms with Gasteiger partial charge in [0.05, 0.1) is 0 Å². The molecule has 2 rings (SSSR count). The SMILES string of the molecule is CCCCCc1cc(O)c(C/C=C(\C)CCC=C(C)C)c(OCCOc2cc(CCCCC)cc(O)c2C/C=C(\C)CCC=C(C)C)c1. The van der Waals surface area contributed by atoms with Gasteiger partial charge in [0.2, 0.25) is 0 Å². The van der Waals surface area contributed by atoms with Crippen molar-refractivity contribution in [2.75, 3.05) is 13.2 Å². The standard InChI is InChI=1S/C44H66O4/c1-9-11-13-21-37-29-41(45)39(25-23-35(7)19-15-17-33(3)4)43(31-37)47-27-28-48-44-32-38(22-14-12-10-2)30-42(46)40(44)26-24-36(8)20-16-18-34(5)6/h17-18,23-24,29-32,45-46H,9-16,19-22,25-28H2,1-8H3/b35-23+,36-24+. The van der Waals surface area contributed by atoms with Crippen LogP contribution in [0, 0.1) is 0 Å². The smallest absolute Gasteiger partial charge is 0.126 e. The quantitative estimate of drug-likeness (QED) is 0.0921. The van der Waals surface area contributed by atoms with Crippen LogP contribution in [0.25, 0.3) is 0 Å². The zero-order chi connectivity index (χ0) is 35.3. The molecule has 48 heavy (non-hydrogen) atoms. The highest BCUT2D eigenvalue weighted by Gasteiger charge is 2.14. The number of phenols is 2. The Kier molecular flexibility index (Phi) is 19.6. The van der Waals surface area contributed by atoms with Gasteiger partial charge in [0.15, 0.2) is 0 Å². The lowest BCUT2D eigenvalue weighted by Crippen LogP contribution is -2.11. The van der Waals surface area contributed by atoms with Crippen molar-refractivity contribution < 1.29 is 19.7 Å². The minimum atomic E-state index is 0.298. The lowest BCUT2D eigenvalue weighted by atomic mass is 10.00. The molecule has 0 unspecified atom stereocenters. The fourth-order valence-corrected chi connectivity index (χ4v) is 5.72. The van der Waals surface area contributed by atoms with Gasteiger partial charge in [-0.15, -0.1) is 0 Å². The Morgan fingerprint density at radius 2 is 0.958 bits per heavy atom. The first-order valence-electron chi connectivity index (χ1n) is 18.6. The lowest BCUT2D eigenvalue weighted by molar-refractivity contribution is 0.213. The Morgan fingerprint density at radius 1 is 0.562 bits per heavy atom. The summed E-state index contributed by atoms with van der Waals surface area (Å²) in [6, 6.07) is 8.03. The van der Waals surface area contributed by atoms with Crippen molar-refractivity contribution in [1.29, 1.82) is 0 Å². The molecule has 266 valence electrons. The van der Waals surface area contributed by atoms with E-state index in [1.165, 1.54) is 22.3 Å². The van der Waals surface area contributed by atoms with Crippen LogP contribution >= 0.6 is 0 Å². The highest BCUT2D eigenvalue weighted by molar-refractivity contribution is 5.50. The summed E-state index contributed by atoms with van der Waals surface area (Å²) in [5.41, 5.74) is 9.13. The van der Waals surface area contributed by atoms with Crippen molar-refractivity contribution in [2.45, 2.75) is 145 Å². The number of aryl methyl sites for hydroxylation is 2. The number of aromatic hydroxyl groups is 2. The van der Waals surface area contributed by atoms with Gasteiger partial charge in [0.1, 0.15) is 36.2 Å². The van der Waals surface area contributed by atoms with Gasteiger partial charge in [-0.25, -0.2) is 0 Å². The summed E-state index contributed by atoms with van der Waals surface area (Å²) in [4.78, 5) is 0. The second-order valence-corrected chi connectivity index (χ2v) is 13.9. The number of benzene rings is 2. The van der Waals surface area contributed by atoms with Crippen LogP contribution in [-0.2, 0) is 25.7 Å². The van der Waals surface area contributed by atoms with Gasteiger partial charge in [-0.3, -0.25) is 0 Å². The van der Waals surface area contributed by atoms with Gasteiger partial charge in [-0.2, -0.15) is 0 Å². The summed E-state index contributed by atoms with van der Waals surface area (Å²) in [5, 5.41) is 22.2. The van der Waals surface area contributed by atoms with Crippen molar-refractivity contribution >= 4 is 0 Å². The molecule has 2 aromatic carbocycles. The van der Waals surface area contributed by atoms with E-state index in [4.69, 9.17) is 9.47 Å². The molecule has 0 amide bonds. The predicted octanol–water partition coefficient (Wildman–Crippen LogP) is 12.5. The fraction of sp³-hybridized carbons (Fsp3) is 0.545. The topological polar surface area (TPSA) is 58.9 Å². The molecule has 2 aromatic rings. The normalized spacial score (nSPS) is 11.8. The van der Waals surface area contributed by atoms with Gasteiger partial charge < -0.3 is 19.7 Å². The Bertz CT molecular complexity index is 1260. The first kappa shape index (κ1) is 40.8. The van der Waals surface area contributed by atoms with E-state index >= 15 is 0 Å². The summed E-state index contributed by atoms with van der Waals surface area (Å²) in [6.07, 6.45) is 22.9. The number of ether oxygens (including phenoxy) is 2. The molecule has 0 saturated carbocycles. The van der Waals surface area contributed by atoms with E-state index in [1.807, 2.05) is 12.1 Å². The summed E-state index contributed by atoms with van der Waals surface area (Å²) in [6.45, 7) is 17.9. The number of allylic oxidation sites excluding steroid dienone is 8. The average molecular weight is 659 g/mol. The maximum Gasteiger partial charge on any atom is 0.126 e. The molecule has 0 heterocycles. The van der Waals surface area contributed by atoms with Crippen LogP contribution in [-0.4, -0.2) is 23.4 Å². The molecule has 0 aliphatic heterocycles. The van der Waals surface area contributed by atoms with Crippen LogP contribution < -0.4 is 9.47 Å². The highest BCUT2D eigenvalue weighted by atomic mass is 16.5. The van der Waals surface area contributed by atoms with Crippen LogP contribution in [0.15, 0.2) is 70.9 Å². The van der Waals surface area contributed by atoms with Gasteiger partial charge >= 0.3 is 0 Å². The van der Waals surface area contributed by atoms with Crippen LogP contribution in [0.4, 0.5) is 0 Å². The third-order valence-corrected chi connectivity index (χ3v) is 8.72. The zero-order valence-corrected chi connectivity index (χ0v) is 31.6. The van der Waals surface area contributed by atoms with Crippen LogP contribution in [0.5, 0.6) is 23.0 Å². The van der Waals surface area contributed by atoms with Crippen molar-refractivity contribution in [2.24, 2.45) is 0 Å². The van der Waals surface area contributed by atoms with Gasteiger partial charge in [-0.05, 0) is 141 Å². The molecule has 0 saturated heterocycles. The molecule has 0 bridgehead atoms. The Morgan fingerprint density at radius 3 is 1.31 bits per heavy atom. The van der Waals surface area contributed by atoms with Crippen LogP contribution in [0.2, 0.25) is 0 Å². The summed E-state index contributed by atoms with van der Waals surface area (Å²) in [7, 11) is 0. The monoisotopic (exact) mass is 658 g/mol. The Hall–Kier alpha value is -3.40. The maximum absolute atomic E-state index is 11.1. The number of rotatable bonds is 23. The largest absolute Gasteiger partial charge is 0.508 e.